The van der Waals surface area contributed by atoms with Crippen molar-refractivity contribution in [2.45, 2.75) is 0 Å². The second-order valence-corrected chi connectivity index (χ2v) is 10.6. The predicted octanol–water partition coefficient (Wildman–Crippen LogP) is 11.4. The Morgan fingerprint density at radius 1 is 0.311 bits per heavy atom. The van der Waals surface area contributed by atoms with Crippen molar-refractivity contribution in [2.24, 2.45) is 0 Å². The van der Waals surface area contributed by atoms with Crippen LogP contribution in [0.25, 0.3) is 66.3 Å². The first-order valence-corrected chi connectivity index (χ1v) is 15.0. The summed E-state index contributed by atoms with van der Waals surface area (Å²) in [5, 5.41) is 2.19. The number of hydrogen-bond donors (Lipinski definition) is 0. The molecule has 7 aromatic carbocycles. The molecule has 0 aliphatic carbocycles. The molecule has 0 bridgehead atoms. The van der Waals surface area contributed by atoms with Crippen LogP contribution in [0.1, 0.15) is 0 Å². The van der Waals surface area contributed by atoms with Gasteiger partial charge in [0, 0.05) is 10.8 Å². The van der Waals surface area contributed by atoms with Crippen molar-refractivity contribution in [3.63, 3.8) is 0 Å². The van der Waals surface area contributed by atoms with Crippen molar-refractivity contribution in [3.05, 3.63) is 182 Å². The lowest BCUT2D eigenvalue weighted by molar-refractivity contribution is 0.657. The molecule has 0 fully saturated rings. The van der Waals surface area contributed by atoms with Crippen LogP contribution in [-0.2, 0) is 0 Å². The van der Waals surface area contributed by atoms with Crippen LogP contribution in [0.4, 0.5) is 0 Å². The smallest absolute Gasteiger partial charge is 0.153 e. The summed E-state index contributed by atoms with van der Waals surface area (Å²) in [7, 11) is 0. The van der Waals surface area contributed by atoms with Crippen molar-refractivity contribution in [3.8, 4) is 22.3 Å². The standard InChI is InChI=1S/C18H10N2O.2C12H10/c1-2-6-12-11(5-1)17-14(19-12)9-10-16-18(17)20-13-7-3-4-8-15(13)21-16;2*1-3-7-11(8-4-1)12-9-5-2-6-10-12/h1-10H;2*1-10H. The number of hydrogen-bond acceptors (Lipinski definition) is 3. The molecule has 0 aliphatic heterocycles. The molecular formula is C42H30N2O. The van der Waals surface area contributed by atoms with E-state index in [-0.39, 0.29) is 0 Å². The van der Waals surface area contributed by atoms with Crippen LogP contribution in [0.15, 0.2) is 186 Å². The molecule has 0 N–H and O–H groups in total. The van der Waals surface area contributed by atoms with Crippen LogP contribution in [0, 0.1) is 0 Å². The van der Waals surface area contributed by atoms with Gasteiger partial charge in [0.2, 0.25) is 0 Å². The molecule has 0 aliphatic rings. The normalized spacial score (nSPS) is 10.7. The molecule has 9 aromatic rings. The lowest BCUT2D eigenvalue weighted by atomic mass is 10.1. The number of benzene rings is 7. The van der Waals surface area contributed by atoms with E-state index in [2.05, 4.69) is 108 Å². The zero-order chi connectivity index (χ0) is 30.3. The van der Waals surface area contributed by atoms with Crippen molar-refractivity contribution in [1.82, 2.24) is 9.97 Å². The SMILES string of the molecule is c1ccc(-c2ccccc2)cc1.c1ccc(-c2ccccc2)cc1.c1ccc2oc3ccc4nc5ccccc5c4c3nc2c1. The highest BCUT2D eigenvalue weighted by Crippen LogP contribution is 2.32. The summed E-state index contributed by atoms with van der Waals surface area (Å²) in [5.74, 6) is 0. The van der Waals surface area contributed by atoms with Gasteiger partial charge in [0.1, 0.15) is 11.0 Å². The van der Waals surface area contributed by atoms with Crippen molar-refractivity contribution < 1.29 is 4.42 Å². The first kappa shape index (κ1) is 27.8. The van der Waals surface area contributed by atoms with E-state index >= 15 is 0 Å². The molecule has 0 saturated heterocycles. The van der Waals surface area contributed by atoms with Crippen molar-refractivity contribution >= 4 is 44.0 Å². The zero-order valence-corrected chi connectivity index (χ0v) is 24.6. The minimum Gasteiger partial charge on any atom is -0.453 e. The van der Waals surface area contributed by atoms with Crippen LogP contribution in [0.3, 0.4) is 0 Å². The Kier molecular flexibility index (Phi) is 8.06. The summed E-state index contributed by atoms with van der Waals surface area (Å²) in [4.78, 5) is 9.46. The average Bonchev–Trinajstić information content (AvgIpc) is 3.52. The zero-order valence-electron chi connectivity index (χ0n) is 24.6. The summed E-state index contributed by atoms with van der Waals surface area (Å²) in [5.41, 5.74) is 10.4. The third-order valence-electron chi connectivity index (χ3n) is 7.61. The number of para-hydroxylation sites is 3. The Hall–Kier alpha value is -6.06. The summed E-state index contributed by atoms with van der Waals surface area (Å²) < 4.78 is 5.98. The Morgan fingerprint density at radius 2 is 0.756 bits per heavy atom. The second kappa shape index (κ2) is 13.1. The summed E-state index contributed by atoms with van der Waals surface area (Å²) >= 11 is 0. The molecule has 3 nitrogen and oxygen atoms in total. The molecule has 45 heavy (non-hydrogen) atoms. The molecule has 214 valence electrons. The summed E-state index contributed by atoms with van der Waals surface area (Å²) in [6, 6.07) is 61.5. The monoisotopic (exact) mass is 578 g/mol. The molecule has 0 saturated carbocycles. The van der Waals surface area contributed by atoms with Gasteiger partial charge in [-0.15, -0.1) is 0 Å². The molecular weight excluding hydrogens is 548 g/mol. The van der Waals surface area contributed by atoms with E-state index in [0.29, 0.717) is 0 Å². The molecule has 0 radical (unpaired) electrons. The molecule has 2 heterocycles. The van der Waals surface area contributed by atoms with Gasteiger partial charge in [-0.05, 0) is 52.6 Å². The maximum absolute atomic E-state index is 5.98. The molecule has 0 atom stereocenters. The Bertz CT molecular complexity index is 2150. The van der Waals surface area contributed by atoms with Gasteiger partial charge in [-0.2, -0.15) is 0 Å². The van der Waals surface area contributed by atoms with Crippen molar-refractivity contribution in [1.29, 1.82) is 0 Å². The third kappa shape index (κ3) is 6.20. The molecule has 3 heteroatoms. The van der Waals surface area contributed by atoms with Gasteiger partial charge in [0.25, 0.3) is 0 Å². The minimum atomic E-state index is 0.791. The molecule has 2 aromatic heterocycles. The number of aromatic nitrogens is 2. The first-order chi connectivity index (χ1) is 22.3. The van der Waals surface area contributed by atoms with Gasteiger partial charge in [0.05, 0.1) is 11.0 Å². The van der Waals surface area contributed by atoms with E-state index in [1.165, 1.54) is 22.3 Å². The van der Waals surface area contributed by atoms with Gasteiger partial charge >= 0.3 is 0 Å². The highest BCUT2D eigenvalue weighted by molar-refractivity contribution is 6.18. The lowest BCUT2D eigenvalue weighted by Gasteiger charge is -2.02. The lowest BCUT2D eigenvalue weighted by Crippen LogP contribution is -1.83. The van der Waals surface area contributed by atoms with Crippen LogP contribution in [0.5, 0.6) is 0 Å². The van der Waals surface area contributed by atoms with E-state index in [1.807, 2.05) is 78.9 Å². The van der Waals surface area contributed by atoms with E-state index in [9.17, 15) is 0 Å². The fraction of sp³-hybridized carbons (Fsp3) is 0. The van der Waals surface area contributed by atoms with Crippen molar-refractivity contribution in [2.75, 3.05) is 0 Å². The van der Waals surface area contributed by atoms with Gasteiger partial charge in [0.15, 0.2) is 11.2 Å². The van der Waals surface area contributed by atoms with Crippen LogP contribution in [0.2, 0.25) is 0 Å². The van der Waals surface area contributed by atoms with Gasteiger partial charge in [-0.3, -0.25) is 0 Å². The second-order valence-electron chi connectivity index (χ2n) is 10.6. The van der Waals surface area contributed by atoms with E-state index in [1.54, 1.807) is 0 Å². The first-order valence-electron chi connectivity index (χ1n) is 15.0. The molecule has 0 spiro atoms. The van der Waals surface area contributed by atoms with Crippen LogP contribution < -0.4 is 0 Å². The largest absolute Gasteiger partial charge is 0.453 e. The predicted molar refractivity (Wildman–Crippen MR) is 188 cm³/mol. The maximum Gasteiger partial charge on any atom is 0.153 e. The topological polar surface area (TPSA) is 38.9 Å². The summed E-state index contributed by atoms with van der Waals surface area (Å²) in [6.07, 6.45) is 0. The minimum absolute atomic E-state index is 0.791. The highest BCUT2D eigenvalue weighted by atomic mass is 16.3. The van der Waals surface area contributed by atoms with Gasteiger partial charge < -0.3 is 4.42 Å². The Labute approximate surface area is 262 Å². The summed E-state index contributed by atoms with van der Waals surface area (Å²) in [6.45, 7) is 0. The fourth-order valence-corrected chi connectivity index (χ4v) is 5.42. The third-order valence-corrected chi connectivity index (χ3v) is 7.61. The van der Waals surface area contributed by atoms with Crippen LogP contribution >= 0.6 is 0 Å². The number of rotatable bonds is 2. The van der Waals surface area contributed by atoms with E-state index in [0.717, 1.165) is 44.0 Å². The van der Waals surface area contributed by atoms with Gasteiger partial charge in [-0.25, -0.2) is 9.97 Å². The number of nitrogens with zero attached hydrogens (tertiary/aromatic N) is 2. The van der Waals surface area contributed by atoms with Gasteiger partial charge in [-0.1, -0.05) is 152 Å². The van der Waals surface area contributed by atoms with E-state index in [4.69, 9.17) is 9.40 Å². The number of fused-ring (bicyclic) bond motifs is 6. The quantitative estimate of drug-likeness (QED) is 0.192. The Balaban J connectivity index is 0.000000117. The fourth-order valence-electron chi connectivity index (χ4n) is 5.42. The van der Waals surface area contributed by atoms with E-state index < -0.39 is 0 Å². The molecule has 0 amide bonds. The highest BCUT2D eigenvalue weighted by Gasteiger charge is 2.12. The average molecular weight is 579 g/mol. The van der Waals surface area contributed by atoms with Crippen LogP contribution in [-0.4, -0.2) is 9.97 Å². The molecule has 9 rings (SSSR count). The molecule has 0 unspecified atom stereocenters. The Morgan fingerprint density at radius 3 is 1.29 bits per heavy atom. The maximum atomic E-state index is 5.98.